The largest absolute Gasteiger partial charge is 0.377 e. The summed E-state index contributed by atoms with van der Waals surface area (Å²) in [6, 6.07) is 3.55. The fourth-order valence-corrected chi connectivity index (χ4v) is 4.09. The molecule has 2 saturated heterocycles. The van der Waals surface area contributed by atoms with Crippen molar-refractivity contribution in [2.24, 2.45) is 0 Å². The highest BCUT2D eigenvalue weighted by atomic mass is 32.2. The number of hydrogen-bond donors (Lipinski definition) is 0. The maximum atomic E-state index is 12.3. The van der Waals surface area contributed by atoms with Gasteiger partial charge in [0.2, 0.25) is 10.0 Å². The van der Waals surface area contributed by atoms with Gasteiger partial charge in [0.1, 0.15) is 12.2 Å². The highest BCUT2D eigenvalue weighted by molar-refractivity contribution is 7.89. The van der Waals surface area contributed by atoms with Crippen LogP contribution in [0, 0.1) is 0 Å². The van der Waals surface area contributed by atoms with Crippen LogP contribution in [0.4, 0.5) is 5.69 Å². The second-order valence-corrected chi connectivity index (χ2v) is 8.21. The van der Waals surface area contributed by atoms with Crippen LogP contribution in [0.25, 0.3) is 0 Å². The third-order valence-corrected chi connectivity index (χ3v) is 6.11. The van der Waals surface area contributed by atoms with E-state index in [0.29, 0.717) is 18.8 Å². The van der Waals surface area contributed by atoms with Crippen LogP contribution in [0.15, 0.2) is 24.5 Å². The molecule has 1 amide bonds. The first-order valence-electron chi connectivity index (χ1n) is 7.86. The second kappa shape index (κ2) is 6.75. The highest BCUT2D eigenvalue weighted by Crippen LogP contribution is 2.27. The summed E-state index contributed by atoms with van der Waals surface area (Å²) >= 11 is 0. The monoisotopic (exact) mass is 355 g/mol. The molecule has 1 aromatic heterocycles. The highest BCUT2D eigenvalue weighted by Gasteiger charge is 2.45. The Morgan fingerprint density at radius 1 is 1.38 bits per heavy atom. The molecule has 2 fully saturated rings. The van der Waals surface area contributed by atoms with Gasteiger partial charge >= 0.3 is 0 Å². The molecule has 0 bridgehead atoms. The number of morpholine rings is 1. The van der Waals surface area contributed by atoms with Crippen molar-refractivity contribution in [1.82, 2.24) is 9.29 Å². The number of amides is 1. The summed E-state index contributed by atoms with van der Waals surface area (Å²) in [5.74, 6) is -0.156. The molecule has 24 heavy (non-hydrogen) atoms. The van der Waals surface area contributed by atoms with Gasteiger partial charge in [-0.1, -0.05) is 0 Å². The topological polar surface area (TPSA) is 89.0 Å². The molecule has 1 spiro atoms. The van der Waals surface area contributed by atoms with Crippen molar-refractivity contribution in [3.05, 3.63) is 24.5 Å². The minimum atomic E-state index is -3.36. The lowest BCUT2D eigenvalue weighted by molar-refractivity contribution is -0.145. The molecule has 0 saturated carbocycles. The predicted octanol–water partition coefficient (Wildman–Crippen LogP) is -0.134. The smallest absolute Gasteiger partial charge is 0.253 e. The van der Waals surface area contributed by atoms with Crippen molar-refractivity contribution in [1.29, 1.82) is 0 Å². The number of rotatable bonds is 3. The summed E-state index contributed by atoms with van der Waals surface area (Å²) in [4.78, 5) is 17.9. The zero-order valence-corrected chi connectivity index (χ0v) is 14.4. The van der Waals surface area contributed by atoms with Crippen LogP contribution >= 0.6 is 0 Å². The third-order valence-electron chi connectivity index (χ3n) is 4.28. The summed E-state index contributed by atoms with van der Waals surface area (Å²) in [5, 5.41) is 0. The molecule has 0 N–H and O–H groups in total. The molecule has 3 heterocycles. The first-order valence-corrected chi connectivity index (χ1v) is 9.47. The number of carbonyl (C=O) groups excluding carboxylic acids is 1. The Labute approximate surface area is 141 Å². The van der Waals surface area contributed by atoms with E-state index in [9.17, 15) is 13.2 Å². The van der Waals surface area contributed by atoms with Gasteiger partial charge in [-0.3, -0.25) is 9.78 Å². The Hall–Kier alpha value is -1.55. The molecule has 1 atom stereocenters. The summed E-state index contributed by atoms with van der Waals surface area (Å²) < 4.78 is 37.3. The quantitative estimate of drug-likeness (QED) is 0.750. The molecular weight excluding hydrogens is 334 g/mol. The summed E-state index contributed by atoms with van der Waals surface area (Å²) in [6.45, 7) is 2.75. The van der Waals surface area contributed by atoms with Gasteiger partial charge in [0.05, 0.1) is 37.4 Å². The lowest BCUT2D eigenvalue weighted by Gasteiger charge is -2.42. The van der Waals surface area contributed by atoms with E-state index in [1.54, 1.807) is 36.4 Å². The molecule has 1 aromatic rings. The predicted molar refractivity (Wildman–Crippen MR) is 87.1 cm³/mol. The SMILES string of the molecule is CCS(=O)(=O)N1CCOC[C@]2(CN(c3cccnc3)C(=O)CO2)C1. The maximum absolute atomic E-state index is 12.3. The van der Waals surface area contributed by atoms with E-state index in [1.165, 1.54) is 4.31 Å². The van der Waals surface area contributed by atoms with Gasteiger partial charge in [0.15, 0.2) is 0 Å². The number of sulfonamides is 1. The number of aromatic nitrogens is 1. The molecular formula is C15H21N3O5S. The van der Waals surface area contributed by atoms with Crippen molar-refractivity contribution in [3.63, 3.8) is 0 Å². The third kappa shape index (κ3) is 3.44. The number of hydrogen-bond acceptors (Lipinski definition) is 6. The first-order chi connectivity index (χ1) is 11.5. The standard InChI is InChI=1S/C15H21N3O5S/c1-2-24(20,21)17-6-7-22-12-15(10-17)11-18(14(19)9-23-15)13-4-3-5-16-8-13/h3-5,8H,2,6-7,9-12H2,1H3/t15-/m1/s1. The molecule has 3 rings (SSSR count). The minimum absolute atomic E-state index is 0.0222. The van der Waals surface area contributed by atoms with Crippen LogP contribution in [0.1, 0.15) is 6.92 Å². The van der Waals surface area contributed by atoms with Gasteiger partial charge in [-0.25, -0.2) is 8.42 Å². The number of carbonyl (C=O) groups is 1. The van der Waals surface area contributed by atoms with E-state index < -0.39 is 15.6 Å². The number of pyridine rings is 1. The van der Waals surface area contributed by atoms with Crippen molar-refractivity contribution >= 4 is 21.6 Å². The van der Waals surface area contributed by atoms with Crippen LogP contribution in [-0.2, 0) is 24.3 Å². The molecule has 0 aromatic carbocycles. The van der Waals surface area contributed by atoms with Crippen molar-refractivity contribution in [2.45, 2.75) is 12.5 Å². The molecule has 2 aliphatic heterocycles. The van der Waals surface area contributed by atoms with Crippen LogP contribution in [-0.4, -0.2) is 74.4 Å². The van der Waals surface area contributed by atoms with Crippen molar-refractivity contribution < 1.29 is 22.7 Å². The van der Waals surface area contributed by atoms with Crippen LogP contribution < -0.4 is 4.90 Å². The second-order valence-electron chi connectivity index (χ2n) is 5.95. The zero-order chi connectivity index (χ0) is 17.2. The molecule has 0 radical (unpaired) electrons. The Balaban J connectivity index is 1.87. The van der Waals surface area contributed by atoms with Gasteiger partial charge in [-0.05, 0) is 19.1 Å². The lowest BCUT2D eigenvalue weighted by atomic mass is 10.0. The van der Waals surface area contributed by atoms with Crippen LogP contribution in [0.5, 0.6) is 0 Å². The average molecular weight is 355 g/mol. The summed E-state index contributed by atoms with van der Waals surface area (Å²) in [6.07, 6.45) is 3.24. The van der Waals surface area contributed by atoms with E-state index in [0.717, 1.165) is 0 Å². The van der Waals surface area contributed by atoms with Gasteiger partial charge < -0.3 is 14.4 Å². The Morgan fingerprint density at radius 3 is 2.92 bits per heavy atom. The average Bonchev–Trinajstić information content (AvgIpc) is 2.81. The molecule has 0 unspecified atom stereocenters. The first kappa shape index (κ1) is 17.3. The fraction of sp³-hybridized carbons (Fsp3) is 0.600. The van der Waals surface area contributed by atoms with Gasteiger partial charge in [0, 0.05) is 19.3 Å². The molecule has 8 nitrogen and oxygen atoms in total. The zero-order valence-electron chi connectivity index (χ0n) is 13.6. The molecule has 2 aliphatic rings. The van der Waals surface area contributed by atoms with Gasteiger partial charge in [-0.15, -0.1) is 0 Å². The van der Waals surface area contributed by atoms with Crippen LogP contribution in [0.3, 0.4) is 0 Å². The van der Waals surface area contributed by atoms with Crippen molar-refractivity contribution in [3.8, 4) is 0 Å². The van der Waals surface area contributed by atoms with Gasteiger partial charge in [-0.2, -0.15) is 4.31 Å². The molecule has 9 heteroatoms. The Kier molecular flexibility index (Phi) is 4.86. The molecule has 0 aliphatic carbocycles. The van der Waals surface area contributed by atoms with E-state index >= 15 is 0 Å². The number of ether oxygens (including phenoxy) is 2. The van der Waals surface area contributed by atoms with Crippen molar-refractivity contribution in [2.75, 3.05) is 50.1 Å². The summed E-state index contributed by atoms with van der Waals surface area (Å²) in [5.41, 5.74) is -0.206. The molecule has 132 valence electrons. The summed E-state index contributed by atoms with van der Waals surface area (Å²) in [7, 11) is -3.36. The minimum Gasteiger partial charge on any atom is -0.377 e. The van der Waals surface area contributed by atoms with E-state index in [4.69, 9.17) is 9.47 Å². The van der Waals surface area contributed by atoms with Gasteiger partial charge in [0.25, 0.3) is 5.91 Å². The fourth-order valence-electron chi connectivity index (χ4n) is 2.94. The van der Waals surface area contributed by atoms with Crippen LogP contribution in [0.2, 0.25) is 0 Å². The normalized spacial score (nSPS) is 26.5. The lowest BCUT2D eigenvalue weighted by Crippen LogP contribution is -2.61. The van der Waals surface area contributed by atoms with E-state index in [2.05, 4.69) is 4.98 Å². The number of nitrogens with zero attached hydrogens (tertiary/aromatic N) is 3. The number of anilines is 1. The van der Waals surface area contributed by atoms with E-state index in [-0.39, 0.29) is 38.0 Å². The maximum Gasteiger partial charge on any atom is 0.253 e. The Morgan fingerprint density at radius 2 is 2.21 bits per heavy atom. The van der Waals surface area contributed by atoms with E-state index in [1.807, 2.05) is 0 Å². The Bertz CT molecular complexity index is 696.